The second-order valence-corrected chi connectivity index (χ2v) is 8.16. The van der Waals surface area contributed by atoms with Gasteiger partial charge in [0.05, 0.1) is 17.7 Å². The summed E-state index contributed by atoms with van der Waals surface area (Å²) in [7, 11) is 0. The monoisotopic (exact) mass is 341 g/mol. The lowest BCUT2D eigenvalue weighted by Gasteiger charge is -2.27. The molecule has 4 rings (SSSR count). The Morgan fingerprint density at radius 3 is 2.79 bits per heavy atom. The number of hydrogen-bond acceptors (Lipinski definition) is 4. The van der Waals surface area contributed by atoms with E-state index in [1.54, 1.807) is 11.3 Å². The van der Waals surface area contributed by atoms with Gasteiger partial charge in [0.1, 0.15) is 5.01 Å². The molecule has 2 aromatic rings. The first kappa shape index (κ1) is 15.8. The number of carbonyl (C=O) groups is 1. The highest BCUT2D eigenvalue weighted by Crippen LogP contribution is 2.68. The van der Waals surface area contributed by atoms with Gasteiger partial charge in [0.2, 0.25) is 5.91 Å². The van der Waals surface area contributed by atoms with E-state index < -0.39 is 0 Å². The highest BCUT2D eigenvalue weighted by molar-refractivity contribution is 7.09. The SMILES string of the molecule is CC1(C(=O)NCc2nc(-c3ccccc3)cs2)CC12CCNCC2. The zero-order chi connectivity index (χ0) is 16.6. The summed E-state index contributed by atoms with van der Waals surface area (Å²) in [5.74, 6) is 0.195. The molecule has 1 saturated heterocycles. The summed E-state index contributed by atoms with van der Waals surface area (Å²) < 4.78 is 0. The maximum atomic E-state index is 12.7. The Balaban J connectivity index is 1.38. The summed E-state index contributed by atoms with van der Waals surface area (Å²) in [6.07, 6.45) is 3.26. The van der Waals surface area contributed by atoms with Crippen molar-refractivity contribution in [3.8, 4) is 11.3 Å². The molecule has 1 atom stereocenters. The lowest BCUT2D eigenvalue weighted by molar-refractivity contribution is -0.127. The van der Waals surface area contributed by atoms with E-state index in [-0.39, 0.29) is 16.7 Å². The smallest absolute Gasteiger partial charge is 0.226 e. The van der Waals surface area contributed by atoms with Gasteiger partial charge in [-0.15, -0.1) is 11.3 Å². The summed E-state index contributed by atoms with van der Waals surface area (Å²) >= 11 is 1.61. The van der Waals surface area contributed by atoms with E-state index in [0.29, 0.717) is 6.54 Å². The van der Waals surface area contributed by atoms with Crippen LogP contribution in [0.3, 0.4) is 0 Å². The van der Waals surface area contributed by atoms with Crippen LogP contribution < -0.4 is 10.6 Å². The lowest BCUT2D eigenvalue weighted by atomic mass is 9.85. The average Bonchev–Trinajstić information content (AvgIpc) is 2.99. The van der Waals surface area contributed by atoms with Crippen LogP contribution in [0, 0.1) is 10.8 Å². The Hall–Kier alpha value is -1.72. The molecule has 2 heterocycles. The number of carbonyl (C=O) groups excluding carboxylic acids is 1. The van der Waals surface area contributed by atoms with Crippen molar-refractivity contribution in [1.29, 1.82) is 0 Å². The summed E-state index contributed by atoms with van der Waals surface area (Å²) in [5, 5.41) is 9.54. The van der Waals surface area contributed by atoms with Crippen LogP contribution in [0.15, 0.2) is 35.7 Å². The number of aromatic nitrogens is 1. The van der Waals surface area contributed by atoms with E-state index in [4.69, 9.17) is 0 Å². The third kappa shape index (κ3) is 2.66. The zero-order valence-electron chi connectivity index (χ0n) is 14.0. The molecule has 2 fully saturated rings. The minimum absolute atomic E-state index is 0.186. The Morgan fingerprint density at radius 2 is 2.04 bits per heavy atom. The summed E-state index contributed by atoms with van der Waals surface area (Å²) in [6, 6.07) is 10.2. The molecule has 24 heavy (non-hydrogen) atoms. The molecule has 1 spiro atoms. The van der Waals surface area contributed by atoms with Crippen LogP contribution in [0.2, 0.25) is 0 Å². The highest BCUT2D eigenvalue weighted by Gasteiger charge is 2.67. The fraction of sp³-hybridized carbons (Fsp3) is 0.474. The second kappa shape index (κ2) is 5.97. The summed E-state index contributed by atoms with van der Waals surface area (Å²) in [5.41, 5.74) is 2.15. The number of amides is 1. The van der Waals surface area contributed by atoms with Crippen LogP contribution in [0.25, 0.3) is 11.3 Å². The molecule has 0 bridgehead atoms. The summed E-state index contributed by atoms with van der Waals surface area (Å²) in [4.78, 5) is 17.3. The van der Waals surface area contributed by atoms with E-state index in [0.717, 1.165) is 48.6 Å². The minimum atomic E-state index is -0.186. The zero-order valence-corrected chi connectivity index (χ0v) is 14.8. The fourth-order valence-corrected chi connectivity index (χ4v) is 4.82. The summed E-state index contributed by atoms with van der Waals surface area (Å²) in [6.45, 7) is 4.73. The van der Waals surface area contributed by atoms with E-state index in [1.807, 2.05) is 18.2 Å². The number of nitrogens with zero attached hydrogens (tertiary/aromatic N) is 1. The van der Waals surface area contributed by atoms with Crippen LogP contribution in [0.4, 0.5) is 0 Å². The Labute approximate surface area is 146 Å². The second-order valence-electron chi connectivity index (χ2n) is 7.21. The average molecular weight is 341 g/mol. The first-order valence-corrected chi connectivity index (χ1v) is 9.50. The van der Waals surface area contributed by atoms with E-state index >= 15 is 0 Å². The molecule has 1 aromatic carbocycles. The van der Waals surface area contributed by atoms with Gasteiger partial charge in [-0.3, -0.25) is 4.79 Å². The van der Waals surface area contributed by atoms with Gasteiger partial charge in [0.25, 0.3) is 0 Å². The van der Waals surface area contributed by atoms with Crippen molar-refractivity contribution in [1.82, 2.24) is 15.6 Å². The molecule has 1 aromatic heterocycles. The van der Waals surface area contributed by atoms with Gasteiger partial charge in [-0.05, 0) is 37.8 Å². The van der Waals surface area contributed by atoms with Crippen molar-refractivity contribution < 1.29 is 4.79 Å². The van der Waals surface area contributed by atoms with E-state index in [9.17, 15) is 4.79 Å². The van der Waals surface area contributed by atoms with Crippen molar-refractivity contribution in [3.63, 3.8) is 0 Å². The standard InChI is InChI=1S/C19H23N3OS/c1-18(13-19(18)7-9-20-10-8-19)17(23)21-11-16-22-15(12-24-16)14-5-3-2-4-6-14/h2-6,12,20H,7-11,13H2,1H3,(H,21,23). The molecule has 1 saturated carbocycles. The van der Waals surface area contributed by atoms with Gasteiger partial charge < -0.3 is 10.6 Å². The number of nitrogens with one attached hydrogen (secondary N) is 2. The van der Waals surface area contributed by atoms with Crippen molar-refractivity contribution >= 4 is 17.2 Å². The van der Waals surface area contributed by atoms with Gasteiger partial charge in [-0.25, -0.2) is 4.98 Å². The number of hydrogen-bond donors (Lipinski definition) is 2. The number of benzene rings is 1. The maximum absolute atomic E-state index is 12.7. The number of rotatable bonds is 4. The topological polar surface area (TPSA) is 54.0 Å². The Morgan fingerprint density at radius 1 is 1.29 bits per heavy atom. The molecular weight excluding hydrogens is 318 g/mol. The molecule has 1 unspecified atom stereocenters. The van der Waals surface area contributed by atoms with Crippen molar-refractivity contribution in [2.45, 2.75) is 32.7 Å². The van der Waals surface area contributed by atoms with Gasteiger partial charge in [0.15, 0.2) is 0 Å². The first-order chi connectivity index (χ1) is 11.6. The van der Waals surface area contributed by atoms with Crippen LogP contribution >= 0.6 is 11.3 Å². The molecule has 1 aliphatic heterocycles. The molecule has 1 aliphatic carbocycles. The van der Waals surface area contributed by atoms with E-state index in [1.165, 1.54) is 0 Å². The van der Waals surface area contributed by atoms with Crippen LogP contribution in [-0.4, -0.2) is 24.0 Å². The lowest BCUT2D eigenvalue weighted by Crippen LogP contribution is -2.38. The third-order valence-corrected chi connectivity index (χ3v) is 6.67. The molecule has 4 nitrogen and oxygen atoms in total. The maximum Gasteiger partial charge on any atom is 0.226 e. The van der Waals surface area contributed by atoms with Crippen LogP contribution in [0.5, 0.6) is 0 Å². The molecular formula is C19H23N3OS. The van der Waals surface area contributed by atoms with Crippen molar-refractivity contribution in [2.75, 3.05) is 13.1 Å². The Kier molecular flexibility index (Phi) is 3.93. The predicted molar refractivity (Wildman–Crippen MR) is 96.7 cm³/mol. The number of thiazole rings is 1. The van der Waals surface area contributed by atoms with Gasteiger partial charge >= 0.3 is 0 Å². The highest BCUT2D eigenvalue weighted by atomic mass is 32.1. The van der Waals surface area contributed by atoms with Gasteiger partial charge in [-0.2, -0.15) is 0 Å². The third-order valence-electron chi connectivity index (χ3n) is 5.82. The fourth-order valence-electron chi connectivity index (χ4n) is 4.07. The molecule has 1 amide bonds. The normalized spacial score (nSPS) is 24.7. The van der Waals surface area contributed by atoms with Crippen LogP contribution in [0.1, 0.15) is 31.2 Å². The van der Waals surface area contributed by atoms with Crippen molar-refractivity contribution in [3.05, 3.63) is 40.7 Å². The van der Waals surface area contributed by atoms with Gasteiger partial charge in [0, 0.05) is 10.9 Å². The molecule has 2 aliphatic rings. The molecule has 5 heteroatoms. The quantitative estimate of drug-likeness (QED) is 0.898. The van der Waals surface area contributed by atoms with Gasteiger partial charge in [-0.1, -0.05) is 37.3 Å². The largest absolute Gasteiger partial charge is 0.349 e. The van der Waals surface area contributed by atoms with Crippen LogP contribution in [-0.2, 0) is 11.3 Å². The minimum Gasteiger partial charge on any atom is -0.349 e. The predicted octanol–water partition coefficient (Wildman–Crippen LogP) is 3.21. The Bertz CT molecular complexity index is 736. The van der Waals surface area contributed by atoms with E-state index in [2.05, 4.69) is 40.1 Å². The molecule has 2 N–H and O–H groups in total. The first-order valence-electron chi connectivity index (χ1n) is 8.62. The van der Waals surface area contributed by atoms with Crippen molar-refractivity contribution in [2.24, 2.45) is 10.8 Å². The molecule has 126 valence electrons. The molecule has 0 radical (unpaired) electrons. The number of piperidine rings is 1.